The van der Waals surface area contributed by atoms with E-state index in [1.807, 2.05) is 0 Å². The summed E-state index contributed by atoms with van der Waals surface area (Å²) in [6, 6.07) is 7.86. The molecule has 0 bridgehead atoms. The molecule has 3 aromatic rings. The van der Waals surface area contributed by atoms with Gasteiger partial charge in [-0.2, -0.15) is 0 Å². The molecular weight excluding hydrogens is 699 g/mol. The molecule has 0 atom stereocenters. The van der Waals surface area contributed by atoms with Crippen molar-refractivity contribution in [3.8, 4) is 0 Å². The molecule has 3 aromatic carbocycles. The summed E-state index contributed by atoms with van der Waals surface area (Å²) < 4.78 is 96.3. The maximum atomic E-state index is 10.7. The number of nitrogens with two attached hydrogens (primary N) is 3. The molecule has 6 N–H and O–H groups in total. The molecule has 1 radical (unpaired) electrons. The first-order chi connectivity index (χ1) is 17.5. The van der Waals surface area contributed by atoms with Gasteiger partial charge in [0.05, 0.1) is 29.8 Å². The second-order valence-electron chi connectivity index (χ2n) is 7.81. The SMILES string of the molecule is Cc1cc(N)cc(Cl)c1S(=O)(=O)[O-].Cc1cc(N)cc(Cl)c1S(=O)(=O)[O-].Cc1cc(N)cc(Cl)c1S(=O)(=O)[O-].[Ni+3]. The molecule has 0 aromatic heterocycles. The van der Waals surface area contributed by atoms with Gasteiger partial charge >= 0.3 is 16.5 Å². The van der Waals surface area contributed by atoms with Crippen LogP contribution in [-0.4, -0.2) is 38.9 Å². The summed E-state index contributed by atoms with van der Waals surface area (Å²) in [4.78, 5) is -1.20. The molecule has 0 amide bonds. The molecule has 0 saturated carbocycles. The van der Waals surface area contributed by atoms with Crippen molar-refractivity contribution in [2.75, 3.05) is 17.2 Å². The number of anilines is 3. The molecule has 0 unspecified atom stereocenters. The minimum absolute atomic E-state index is 0. The summed E-state index contributed by atoms with van der Waals surface area (Å²) in [5.41, 5.74) is 17.9. The normalized spacial score (nSPS) is 11.3. The van der Waals surface area contributed by atoms with E-state index >= 15 is 0 Å². The van der Waals surface area contributed by atoms with E-state index in [-0.39, 0.29) is 48.2 Å². The first kappa shape index (κ1) is 38.2. The first-order valence-electron chi connectivity index (χ1n) is 10.0. The van der Waals surface area contributed by atoms with Crippen molar-refractivity contribution < 1.29 is 55.4 Å². The first-order valence-corrected chi connectivity index (χ1v) is 15.4. The predicted octanol–water partition coefficient (Wildman–Crippen LogP) is 3.40. The average Bonchev–Trinajstić information content (AvgIpc) is 2.62. The van der Waals surface area contributed by atoms with E-state index in [9.17, 15) is 38.9 Å². The van der Waals surface area contributed by atoms with Crippen LogP contribution in [-0.2, 0) is 46.8 Å². The summed E-state index contributed by atoms with van der Waals surface area (Å²) in [5.74, 6) is 0. The van der Waals surface area contributed by atoms with Crippen LogP contribution in [0.5, 0.6) is 0 Å². The second-order valence-corrected chi connectivity index (χ2v) is 13.0. The van der Waals surface area contributed by atoms with Gasteiger partial charge in [-0.1, -0.05) is 34.8 Å². The van der Waals surface area contributed by atoms with E-state index in [0.717, 1.165) is 0 Å². The smallest absolute Gasteiger partial charge is 0.744 e. The molecule has 0 aliphatic carbocycles. The molecule has 3 rings (SSSR count). The zero-order valence-electron chi connectivity index (χ0n) is 20.5. The van der Waals surface area contributed by atoms with Gasteiger partial charge in [0.1, 0.15) is 30.4 Å². The Morgan fingerprint density at radius 3 is 0.800 bits per heavy atom. The summed E-state index contributed by atoms with van der Waals surface area (Å²) in [6.07, 6.45) is 0. The molecule has 0 aliphatic rings. The molecule has 223 valence electrons. The third-order valence-electron chi connectivity index (χ3n) is 4.50. The van der Waals surface area contributed by atoms with Crippen molar-refractivity contribution in [2.45, 2.75) is 35.5 Å². The van der Waals surface area contributed by atoms with Gasteiger partial charge in [-0.05, 0) is 73.9 Å². The average molecular weight is 721 g/mol. The standard InChI is InChI=1S/3C7H8ClNO3S.Ni/c3*1-4-2-5(9)3-6(8)7(4)13(10,11)12;/h3*2-3H,9H2,1H3,(H,10,11,12);/q;;;+3/p-3. The van der Waals surface area contributed by atoms with Gasteiger partial charge in [-0.25, -0.2) is 25.3 Å². The Labute approximate surface area is 257 Å². The monoisotopic (exact) mass is 718 g/mol. The number of benzene rings is 3. The molecule has 0 heterocycles. The largest absolute Gasteiger partial charge is 3.00 e. The fourth-order valence-electron chi connectivity index (χ4n) is 3.22. The van der Waals surface area contributed by atoms with Gasteiger partial charge in [-0.15, -0.1) is 0 Å². The van der Waals surface area contributed by atoms with E-state index in [0.29, 0.717) is 17.1 Å². The van der Waals surface area contributed by atoms with Crippen LogP contribution < -0.4 is 17.2 Å². The fraction of sp³-hybridized carbons (Fsp3) is 0.143. The quantitative estimate of drug-likeness (QED) is 0.200. The Balaban J connectivity index is 0.000000563. The maximum Gasteiger partial charge on any atom is 3.00 e. The number of hydrogen-bond donors (Lipinski definition) is 3. The van der Waals surface area contributed by atoms with Crippen LogP contribution in [0.1, 0.15) is 16.7 Å². The number of aryl methyl sites for hydroxylation is 3. The number of rotatable bonds is 3. The van der Waals surface area contributed by atoms with Crippen LogP contribution in [0.3, 0.4) is 0 Å². The molecule has 0 fully saturated rings. The summed E-state index contributed by atoms with van der Waals surface area (Å²) in [5, 5.41) is -0.396. The minimum atomic E-state index is -4.52. The van der Waals surface area contributed by atoms with Crippen LogP contribution in [0, 0.1) is 20.8 Å². The third-order valence-corrected chi connectivity index (χ3v) is 8.86. The maximum absolute atomic E-state index is 10.7. The van der Waals surface area contributed by atoms with Crippen molar-refractivity contribution in [1.29, 1.82) is 0 Å². The summed E-state index contributed by atoms with van der Waals surface area (Å²) in [6.45, 7) is 4.40. The molecule has 0 saturated heterocycles. The Kier molecular flexibility index (Phi) is 13.7. The number of halogens is 3. The number of nitrogen functional groups attached to an aromatic ring is 3. The molecule has 12 nitrogen and oxygen atoms in total. The van der Waals surface area contributed by atoms with E-state index in [2.05, 4.69) is 0 Å². The van der Waals surface area contributed by atoms with Crippen molar-refractivity contribution in [3.05, 3.63) is 68.2 Å². The molecule has 40 heavy (non-hydrogen) atoms. The number of hydrogen-bond acceptors (Lipinski definition) is 12. The van der Waals surface area contributed by atoms with Gasteiger partial charge in [0, 0.05) is 17.1 Å². The predicted molar refractivity (Wildman–Crippen MR) is 146 cm³/mol. The summed E-state index contributed by atoms with van der Waals surface area (Å²) in [7, 11) is -13.6. The van der Waals surface area contributed by atoms with E-state index in [1.54, 1.807) is 0 Å². The zero-order chi connectivity index (χ0) is 30.7. The van der Waals surface area contributed by atoms with E-state index in [1.165, 1.54) is 57.2 Å². The third kappa shape index (κ3) is 10.9. The van der Waals surface area contributed by atoms with E-state index in [4.69, 9.17) is 52.0 Å². The molecular formula is C21H21Cl3N3NiO9S3. The van der Waals surface area contributed by atoms with Gasteiger partial charge in [0.15, 0.2) is 0 Å². The molecule has 19 heteroatoms. The molecule has 0 aliphatic heterocycles. The van der Waals surface area contributed by atoms with Crippen LogP contribution in [0.25, 0.3) is 0 Å². The zero-order valence-corrected chi connectivity index (χ0v) is 26.3. The van der Waals surface area contributed by atoms with Gasteiger partial charge in [0.2, 0.25) is 0 Å². The van der Waals surface area contributed by atoms with Crippen LogP contribution in [0.4, 0.5) is 17.1 Å². The van der Waals surface area contributed by atoms with Gasteiger partial charge in [-0.3, -0.25) is 0 Å². The topological polar surface area (TPSA) is 250 Å². The Bertz CT molecular complexity index is 1460. The van der Waals surface area contributed by atoms with Crippen molar-refractivity contribution in [1.82, 2.24) is 0 Å². The van der Waals surface area contributed by atoms with Crippen LogP contribution >= 0.6 is 34.8 Å². The van der Waals surface area contributed by atoms with Crippen LogP contribution in [0.15, 0.2) is 51.1 Å². The van der Waals surface area contributed by atoms with Crippen molar-refractivity contribution in [2.24, 2.45) is 0 Å². The van der Waals surface area contributed by atoms with Crippen molar-refractivity contribution in [3.63, 3.8) is 0 Å². The minimum Gasteiger partial charge on any atom is -0.744 e. The van der Waals surface area contributed by atoms with Crippen molar-refractivity contribution >= 4 is 82.2 Å². The summed E-state index contributed by atoms with van der Waals surface area (Å²) >= 11 is 16.7. The van der Waals surface area contributed by atoms with Gasteiger partial charge in [0.25, 0.3) is 0 Å². The van der Waals surface area contributed by atoms with Gasteiger partial charge < -0.3 is 30.9 Å². The Morgan fingerprint density at radius 1 is 0.500 bits per heavy atom. The molecule has 0 spiro atoms. The fourth-order valence-corrected chi connectivity index (χ4v) is 7.15. The second kappa shape index (κ2) is 14.4. The van der Waals surface area contributed by atoms with E-state index < -0.39 is 45.0 Å². The van der Waals surface area contributed by atoms with Crippen LogP contribution in [0.2, 0.25) is 15.1 Å². The Morgan fingerprint density at radius 2 is 0.675 bits per heavy atom. The Hall–Kier alpha value is -1.85.